The van der Waals surface area contributed by atoms with Crippen LogP contribution in [0, 0.1) is 5.92 Å². The summed E-state index contributed by atoms with van der Waals surface area (Å²) in [6, 6.07) is 4.42. The summed E-state index contributed by atoms with van der Waals surface area (Å²) < 4.78 is 0. The van der Waals surface area contributed by atoms with E-state index in [2.05, 4.69) is 24.4 Å². The van der Waals surface area contributed by atoms with E-state index in [1.165, 1.54) is 22.6 Å². The molecule has 3 heteroatoms. The average Bonchev–Trinajstić information content (AvgIpc) is 2.89. The lowest BCUT2D eigenvalue weighted by Gasteiger charge is -2.14. The molecule has 0 bridgehead atoms. The molecule has 1 fully saturated rings. The second-order valence-electron chi connectivity index (χ2n) is 4.61. The van der Waals surface area contributed by atoms with Gasteiger partial charge in [0.15, 0.2) is 0 Å². The molecule has 2 N–H and O–H groups in total. The lowest BCUT2D eigenvalue weighted by atomic mass is 10.1. The predicted octanol–water partition coefficient (Wildman–Crippen LogP) is 2.56. The van der Waals surface area contributed by atoms with Gasteiger partial charge in [-0.3, -0.25) is 0 Å². The van der Waals surface area contributed by atoms with Gasteiger partial charge in [-0.1, -0.05) is 13.3 Å². The highest BCUT2D eigenvalue weighted by Crippen LogP contribution is 2.25. The number of hydrogen-bond donors (Lipinski definition) is 2. The molecule has 0 radical (unpaired) electrons. The minimum Gasteiger partial charge on any atom is -0.393 e. The van der Waals surface area contributed by atoms with E-state index in [-0.39, 0.29) is 6.10 Å². The summed E-state index contributed by atoms with van der Waals surface area (Å²) >= 11 is 1.89. The van der Waals surface area contributed by atoms with E-state index in [0.717, 1.165) is 25.9 Å². The van der Waals surface area contributed by atoms with Crippen LogP contribution in [0.15, 0.2) is 12.1 Å². The molecule has 2 nitrogen and oxygen atoms in total. The summed E-state index contributed by atoms with van der Waals surface area (Å²) in [5, 5.41) is 13.2. The van der Waals surface area contributed by atoms with Crippen molar-refractivity contribution in [2.24, 2.45) is 5.92 Å². The van der Waals surface area contributed by atoms with Gasteiger partial charge in [0.1, 0.15) is 0 Å². The molecule has 1 aliphatic carbocycles. The third-order valence-corrected chi connectivity index (χ3v) is 4.62. The highest BCUT2D eigenvalue weighted by molar-refractivity contribution is 7.11. The van der Waals surface area contributed by atoms with Crippen LogP contribution in [0.4, 0.5) is 0 Å². The van der Waals surface area contributed by atoms with Crippen molar-refractivity contribution in [1.29, 1.82) is 0 Å². The maximum atomic E-state index is 9.69. The number of thiophene rings is 1. The lowest BCUT2D eigenvalue weighted by molar-refractivity contribution is 0.131. The molecule has 16 heavy (non-hydrogen) atoms. The van der Waals surface area contributed by atoms with Gasteiger partial charge in [-0.15, -0.1) is 11.3 Å². The fourth-order valence-electron chi connectivity index (χ4n) is 2.34. The Kier molecular flexibility index (Phi) is 4.38. The van der Waals surface area contributed by atoms with E-state index in [9.17, 15) is 5.11 Å². The molecule has 1 saturated carbocycles. The molecular formula is C13H21NOS. The maximum Gasteiger partial charge on any atom is 0.0580 e. The van der Waals surface area contributed by atoms with Crippen molar-refractivity contribution in [2.45, 2.75) is 45.3 Å². The molecule has 2 atom stereocenters. The van der Waals surface area contributed by atoms with Crippen molar-refractivity contribution in [3.8, 4) is 0 Å². The Morgan fingerprint density at radius 2 is 2.19 bits per heavy atom. The highest BCUT2D eigenvalue weighted by atomic mass is 32.1. The van der Waals surface area contributed by atoms with Gasteiger partial charge in [-0.25, -0.2) is 0 Å². The Morgan fingerprint density at radius 1 is 1.38 bits per heavy atom. The first-order valence-corrected chi connectivity index (χ1v) is 7.07. The SMILES string of the molecule is CCc1ccc(CNCC2CCCC2O)s1. The first kappa shape index (κ1) is 12.1. The van der Waals surface area contributed by atoms with Crippen LogP contribution < -0.4 is 5.32 Å². The lowest BCUT2D eigenvalue weighted by Crippen LogP contribution is -2.27. The van der Waals surface area contributed by atoms with Crippen LogP contribution in [0.2, 0.25) is 0 Å². The summed E-state index contributed by atoms with van der Waals surface area (Å²) in [4.78, 5) is 2.86. The molecule has 2 rings (SSSR count). The summed E-state index contributed by atoms with van der Waals surface area (Å²) in [6.45, 7) is 4.10. The zero-order valence-corrected chi connectivity index (χ0v) is 10.7. The number of rotatable bonds is 5. The molecule has 1 aromatic heterocycles. The van der Waals surface area contributed by atoms with E-state index in [1.54, 1.807) is 0 Å². The Balaban J connectivity index is 1.71. The largest absolute Gasteiger partial charge is 0.393 e. The second kappa shape index (κ2) is 5.80. The topological polar surface area (TPSA) is 32.3 Å². The van der Waals surface area contributed by atoms with E-state index >= 15 is 0 Å². The summed E-state index contributed by atoms with van der Waals surface area (Å²) in [6.07, 6.45) is 4.42. The van der Waals surface area contributed by atoms with Crippen molar-refractivity contribution < 1.29 is 5.11 Å². The van der Waals surface area contributed by atoms with Gasteiger partial charge in [0.25, 0.3) is 0 Å². The van der Waals surface area contributed by atoms with E-state index in [4.69, 9.17) is 0 Å². The molecule has 1 heterocycles. The molecule has 90 valence electrons. The zero-order valence-electron chi connectivity index (χ0n) is 9.91. The highest BCUT2D eigenvalue weighted by Gasteiger charge is 2.24. The van der Waals surface area contributed by atoms with Gasteiger partial charge in [0, 0.05) is 22.8 Å². The Bertz CT molecular complexity index is 323. The molecule has 0 saturated heterocycles. The Hall–Kier alpha value is -0.380. The Morgan fingerprint density at radius 3 is 2.81 bits per heavy atom. The van der Waals surface area contributed by atoms with Crippen molar-refractivity contribution in [3.05, 3.63) is 21.9 Å². The van der Waals surface area contributed by atoms with Crippen LogP contribution in [0.5, 0.6) is 0 Å². The fourth-order valence-corrected chi connectivity index (χ4v) is 3.27. The Labute approximate surface area is 102 Å². The van der Waals surface area contributed by atoms with E-state index in [0.29, 0.717) is 5.92 Å². The van der Waals surface area contributed by atoms with Crippen molar-refractivity contribution in [1.82, 2.24) is 5.32 Å². The summed E-state index contributed by atoms with van der Waals surface area (Å²) in [5.41, 5.74) is 0. The molecule has 0 aromatic carbocycles. The fraction of sp³-hybridized carbons (Fsp3) is 0.692. The van der Waals surface area contributed by atoms with Gasteiger partial charge in [0.2, 0.25) is 0 Å². The van der Waals surface area contributed by atoms with Crippen molar-refractivity contribution in [3.63, 3.8) is 0 Å². The number of hydrogen-bond acceptors (Lipinski definition) is 3. The van der Waals surface area contributed by atoms with Gasteiger partial charge < -0.3 is 10.4 Å². The van der Waals surface area contributed by atoms with Crippen LogP contribution in [0.25, 0.3) is 0 Å². The second-order valence-corrected chi connectivity index (χ2v) is 5.86. The molecule has 0 aliphatic heterocycles. The third-order valence-electron chi connectivity index (χ3n) is 3.39. The quantitative estimate of drug-likeness (QED) is 0.827. The maximum absolute atomic E-state index is 9.69. The molecule has 1 aromatic rings. The van der Waals surface area contributed by atoms with Gasteiger partial charge in [-0.2, -0.15) is 0 Å². The van der Waals surface area contributed by atoms with Crippen molar-refractivity contribution >= 4 is 11.3 Å². The van der Waals surface area contributed by atoms with Gasteiger partial charge >= 0.3 is 0 Å². The van der Waals surface area contributed by atoms with Gasteiger partial charge in [0.05, 0.1) is 6.10 Å². The first-order chi connectivity index (χ1) is 7.79. The minimum absolute atomic E-state index is 0.0676. The molecule has 1 aliphatic rings. The number of aliphatic hydroxyl groups is 1. The third kappa shape index (κ3) is 3.06. The standard InChI is InChI=1S/C13H21NOS/c1-2-11-6-7-12(16-11)9-14-8-10-4-3-5-13(10)15/h6-7,10,13-15H,2-5,8-9H2,1H3. The summed E-state index contributed by atoms with van der Waals surface area (Å²) in [7, 11) is 0. The molecular weight excluding hydrogens is 218 g/mol. The van der Waals surface area contributed by atoms with Crippen LogP contribution in [-0.2, 0) is 13.0 Å². The van der Waals surface area contributed by atoms with E-state index < -0.39 is 0 Å². The first-order valence-electron chi connectivity index (χ1n) is 6.26. The predicted molar refractivity (Wildman–Crippen MR) is 68.8 cm³/mol. The van der Waals surface area contributed by atoms with Crippen LogP contribution in [0.3, 0.4) is 0 Å². The molecule has 0 spiro atoms. The zero-order chi connectivity index (χ0) is 11.4. The summed E-state index contributed by atoms with van der Waals surface area (Å²) in [5.74, 6) is 0.477. The molecule has 2 unspecified atom stereocenters. The number of aryl methyl sites for hydroxylation is 1. The number of aliphatic hydroxyl groups excluding tert-OH is 1. The smallest absolute Gasteiger partial charge is 0.0580 e. The van der Waals surface area contributed by atoms with Crippen LogP contribution >= 0.6 is 11.3 Å². The number of nitrogens with one attached hydrogen (secondary N) is 1. The normalized spacial score (nSPS) is 25.1. The van der Waals surface area contributed by atoms with Gasteiger partial charge in [-0.05, 0) is 37.3 Å². The van der Waals surface area contributed by atoms with Crippen LogP contribution in [-0.4, -0.2) is 17.8 Å². The molecule has 0 amide bonds. The van der Waals surface area contributed by atoms with Crippen molar-refractivity contribution in [2.75, 3.05) is 6.54 Å². The van der Waals surface area contributed by atoms with Crippen LogP contribution in [0.1, 0.15) is 35.9 Å². The van der Waals surface area contributed by atoms with E-state index in [1.807, 2.05) is 11.3 Å². The monoisotopic (exact) mass is 239 g/mol. The minimum atomic E-state index is -0.0676. The average molecular weight is 239 g/mol.